The lowest BCUT2D eigenvalue weighted by atomic mass is 10.1. The van der Waals surface area contributed by atoms with E-state index < -0.39 is 5.82 Å². The van der Waals surface area contributed by atoms with Crippen molar-refractivity contribution in [2.24, 2.45) is 0 Å². The maximum Gasteiger partial charge on any atom is 0.255 e. The van der Waals surface area contributed by atoms with Crippen LogP contribution in [0.3, 0.4) is 0 Å². The van der Waals surface area contributed by atoms with Crippen molar-refractivity contribution in [3.8, 4) is 0 Å². The SMILES string of the molecule is C[C@H]1CNCCN1C(=O)c1cccc(NC(=O)c2ccc(F)cc2)c1.Cl. The van der Waals surface area contributed by atoms with Crippen molar-refractivity contribution in [2.75, 3.05) is 25.0 Å². The maximum absolute atomic E-state index is 12.9. The van der Waals surface area contributed by atoms with Crippen molar-refractivity contribution >= 4 is 29.9 Å². The van der Waals surface area contributed by atoms with E-state index in [4.69, 9.17) is 0 Å². The lowest BCUT2D eigenvalue weighted by Gasteiger charge is -2.34. The summed E-state index contributed by atoms with van der Waals surface area (Å²) in [5.41, 5.74) is 1.42. The second-order valence-electron chi connectivity index (χ2n) is 6.09. The van der Waals surface area contributed by atoms with Crippen molar-refractivity contribution in [2.45, 2.75) is 13.0 Å². The Hall–Kier alpha value is -2.44. The standard InChI is InChI=1S/C19H20FN3O2.ClH/c1-13-12-21-9-10-23(13)19(25)15-3-2-4-17(11-15)22-18(24)14-5-7-16(20)8-6-14;/h2-8,11,13,21H,9-10,12H2,1H3,(H,22,24);1H/t13-;/m0./s1. The van der Waals surface area contributed by atoms with Gasteiger partial charge in [-0.2, -0.15) is 0 Å². The Kier molecular flexibility index (Phi) is 6.71. The first-order valence-corrected chi connectivity index (χ1v) is 8.23. The fourth-order valence-electron chi connectivity index (χ4n) is 2.84. The zero-order chi connectivity index (χ0) is 17.8. The second kappa shape index (κ2) is 8.78. The highest BCUT2D eigenvalue weighted by atomic mass is 35.5. The van der Waals surface area contributed by atoms with Gasteiger partial charge in [0.05, 0.1) is 0 Å². The molecule has 0 unspecified atom stereocenters. The number of rotatable bonds is 3. The molecule has 5 nitrogen and oxygen atoms in total. The quantitative estimate of drug-likeness (QED) is 0.864. The van der Waals surface area contributed by atoms with Gasteiger partial charge in [0, 0.05) is 42.5 Å². The average molecular weight is 378 g/mol. The van der Waals surface area contributed by atoms with Crippen molar-refractivity contribution in [3.05, 3.63) is 65.5 Å². The summed E-state index contributed by atoms with van der Waals surface area (Å²) in [6.45, 7) is 4.21. The molecular weight excluding hydrogens is 357 g/mol. The monoisotopic (exact) mass is 377 g/mol. The Morgan fingerprint density at radius 2 is 1.88 bits per heavy atom. The Morgan fingerprint density at radius 3 is 2.58 bits per heavy atom. The topological polar surface area (TPSA) is 61.4 Å². The molecule has 138 valence electrons. The van der Waals surface area contributed by atoms with Gasteiger partial charge in [-0.3, -0.25) is 9.59 Å². The van der Waals surface area contributed by atoms with Crippen LogP contribution in [-0.2, 0) is 0 Å². The number of nitrogens with one attached hydrogen (secondary N) is 2. The number of hydrogen-bond acceptors (Lipinski definition) is 3. The van der Waals surface area contributed by atoms with Crippen LogP contribution in [0.2, 0.25) is 0 Å². The summed E-state index contributed by atoms with van der Waals surface area (Å²) in [4.78, 5) is 26.8. The second-order valence-corrected chi connectivity index (χ2v) is 6.09. The van der Waals surface area contributed by atoms with Crippen LogP contribution in [0.1, 0.15) is 27.6 Å². The lowest BCUT2D eigenvalue weighted by molar-refractivity contribution is 0.0655. The number of piperazine rings is 1. The zero-order valence-electron chi connectivity index (χ0n) is 14.4. The minimum Gasteiger partial charge on any atom is -0.333 e. The van der Waals surface area contributed by atoms with E-state index >= 15 is 0 Å². The average Bonchev–Trinajstić information content (AvgIpc) is 2.62. The summed E-state index contributed by atoms with van der Waals surface area (Å²) in [6.07, 6.45) is 0. The van der Waals surface area contributed by atoms with E-state index in [1.165, 1.54) is 24.3 Å². The van der Waals surface area contributed by atoms with Gasteiger partial charge < -0.3 is 15.5 Å². The van der Waals surface area contributed by atoms with Gasteiger partial charge in [-0.05, 0) is 49.4 Å². The molecule has 26 heavy (non-hydrogen) atoms. The molecule has 2 N–H and O–H groups in total. The highest BCUT2D eigenvalue weighted by molar-refractivity contribution is 6.05. The minimum atomic E-state index is -0.394. The summed E-state index contributed by atoms with van der Waals surface area (Å²) in [6, 6.07) is 12.3. The van der Waals surface area contributed by atoms with E-state index in [-0.39, 0.29) is 30.3 Å². The predicted octanol–water partition coefficient (Wildman–Crippen LogP) is 2.93. The van der Waals surface area contributed by atoms with Gasteiger partial charge in [-0.1, -0.05) is 6.07 Å². The van der Waals surface area contributed by atoms with Gasteiger partial charge in [0.25, 0.3) is 11.8 Å². The van der Waals surface area contributed by atoms with Gasteiger partial charge in [-0.15, -0.1) is 12.4 Å². The smallest absolute Gasteiger partial charge is 0.255 e. The van der Waals surface area contributed by atoms with E-state index in [2.05, 4.69) is 10.6 Å². The highest BCUT2D eigenvalue weighted by Gasteiger charge is 2.24. The molecule has 0 aliphatic carbocycles. The van der Waals surface area contributed by atoms with Crippen molar-refractivity contribution in [3.63, 3.8) is 0 Å². The molecule has 1 fully saturated rings. The molecule has 1 heterocycles. The number of anilines is 1. The summed E-state index contributed by atoms with van der Waals surface area (Å²) >= 11 is 0. The lowest BCUT2D eigenvalue weighted by Crippen LogP contribution is -2.52. The van der Waals surface area contributed by atoms with Gasteiger partial charge in [0.1, 0.15) is 5.82 Å². The third kappa shape index (κ3) is 4.59. The van der Waals surface area contributed by atoms with E-state index in [0.29, 0.717) is 23.4 Å². The van der Waals surface area contributed by atoms with Crippen molar-refractivity contribution in [1.29, 1.82) is 0 Å². The summed E-state index contributed by atoms with van der Waals surface area (Å²) in [7, 11) is 0. The molecule has 3 rings (SSSR count). The fraction of sp³-hybridized carbons (Fsp3) is 0.263. The molecule has 7 heteroatoms. The van der Waals surface area contributed by atoms with Gasteiger partial charge in [-0.25, -0.2) is 4.39 Å². The Labute approximate surface area is 158 Å². The summed E-state index contributed by atoms with van der Waals surface area (Å²) in [5.74, 6) is -0.790. The van der Waals surface area contributed by atoms with Crippen LogP contribution in [0.25, 0.3) is 0 Å². The Balaban J connectivity index is 0.00000243. The van der Waals surface area contributed by atoms with Crippen LogP contribution in [0.15, 0.2) is 48.5 Å². The van der Waals surface area contributed by atoms with Crippen molar-refractivity contribution in [1.82, 2.24) is 10.2 Å². The largest absolute Gasteiger partial charge is 0.333 e. The molecule has 1 aliphatic heterocycles. The van der Waals surface area contributed by atoms with Crippen LogP contribution < -0.4 is 10.6 Å². The van der Waals surface area contributed by atoms with Gasteiger partial charge in [0.2, 0.25) is 0 Å². The number of benzene rings is 2. The molecule has 0 saturated carbocycles. The zero-order valence-corrected chi connectivity index (χ0v) is 15.2. The van der Waals surface area contributed by atoms with Crippen LogP contribution in [0.4, 0.5) is 10.1 Å². The van der Waals surface area contributed by atoms with Crippen molar-refractivity contribution < 1.29 is 14.0 Å². The number of halogens is 2. The molecule has 1 saturated heterocycles. The molecule has 0 bridgehead atoms. The predicted molar refractivity (Wildman–Crippen MR) is 101 cm³/mol. The number of carbonyl (C=O) groups is 2. The summed E-state index contributed by atoms with van der Waals surface area (Å²) < 4.78 is 12.9. The maximum atomic E-state index is 12.9. The van der Waals surface area contributed by atoms with E-state index in [1.807, 2.05) is 11.8 Å². The van der Waals surface area contributed by atoms with Crippen LogP contribution in [0.5, 0.6) is 0 Å². The third-order valence-corrected chi connectivity index (χ3v) is 4.24. The molecule has 0 aromatic heterocycles. The molecule has 0 radical (unpaired) electrons. The fourth-order valence-corrected chi connectivity index (χ4v) is 2.84. The van der Waals surface area contributed by atoms with Crippen LogP contribution >= 0.6 is 12.4 Å². The van der Waals surface area contributed by atoms with E-state index in [9.17, 15) is 14.0 Å². The normalized spacial score (nSPS) is 16.5. The molecule has 0 spiro atoms. The first-order valence-electron chi connectivity index (χ1n) is 8.23. The first-order chi connectivity index (χ1) is 12.0. The number of carbonyl (C=O) groups excluding carboxylic acids is 2. The van der Waals surface area contributed by atoms with Gasteiger partial charge in [0.15, 0.2) is 0 Å². The highest BCUT2D eigenvalue weighted by Crippen LogP contribution is 2.16. The van der Waals surface area contributed by atoms with E-state index in [1.54, 1.807) is 24.3 Å². The third-order valence-electron chi connectivity index (χ3n) is 4.24. The Bertz CT molecular complexity index is 783. The van der Waals surface area contributed by atoms with Crippen LogP contribution in [-0.4, -0.2) is 42.4 Å². The number of nitrogens with zero attached hydrogens (tertiary/aromatic N) is 1. The summed E-state index contributed by atoms with van der Waals surface area (Å²) in [5, 5.41) is 6.00. The van der Waals surface area contributed by atoms with Crippen LogP contribution in [0, 0.1) is 5.82 Å². The Morgan fingerprint density at radius 1 is 1.15 bits per heavy atom. The van der Waals surface area contributed by atoms with E-state index in [0.717, 1.165) is 13.1 Å². The van der Waals surface area contributed by atoms with Gasteiger partial charge >= 0.3 is 0 Å². The first kappa shape index (κ1) is 19.9. The molecule has 2 aromatic carbocycles. The molecule has 2 amide bonds. The molecular formula is C19H21ClFN3O2. The molecule has 1 atom stereocenters. The number of hydrogen-bond donors (Lipinski definition) is 2. The molecule has 2 aromatic rings. The number of amides is 2. The molecule has 1 aliphatic rings. The minimum absolute atomic E-state index is 0.